The van der Waals surface area contributed by atoms with Crippen molar-refractivity contribution in [2.45, 2.75) is 70.3 Å². The lowest BCUT2D eigenvalue weighted by Crippen LogP contribution is -2.40. The van der Waals surface area contributed by atoms with Gasteiger partial charge in [-0.05, 0) is 38.2 Å². The lowest BCUT2D eigenvalue weighted by Gasteiger charge is -2.19. The topological polar surface area (TPSA) is 119 Å². The van der Waals surface area contributed by atoms with E-state index in [0.29, 0.717) is 37.8 Å². The van der Waals surface area contributed by atoms with Crippen LogP contribution in [0.25, 0.3) is 0 Å². The summed E-state index contributed by atoms with van der Waals surface area (Å²) in [5, 5.41) is 22.6. The zero-order valence-electron chi connectivity index (χ0n) is 16.1. The molecule has 1 aliphatic rings. The molecule has 1 aromatic carbocycles. The molecule has 1 heterocycles. The van der Waals surface area contributed by atoms with Gasteiger partial charge in [0.15, 0.2) is 0 Å². The number of imide groups is 1. The van der Waals surface area contributed by atoms with Crippen molar-refractivity contribution in [3.63, 3.8) is 0 Å². The molecular formula is C21H29N3O4. The van der Waals surface area contributed by atoms with Crippen LogP contribution in [0, 0.1) is 5.41 Å². The minimum atomic E-state index is -0.752. The van der Waals surface area contributed by atoms with E-state index in [9.17, 15) is 14.4 Å². The molecule has 2 rings (SSSR count). The van der Waals surface area contributed by atoms with E-state index in [4.69, 9.17) is 10.5 Å². The fraction of sp³-hybridized carbons (Fsp3) is 0.524. The van der Waals surface area contributed by atoms with E-state index in [0.717, 1.165) is 36.9 Å². The average molecular weight is 387 g/mol. The number of aliphatic carboxylic acids is 1. The number of carboxylic acid groups (broad SMARTS) is 1. The van der Waals surface area contributed by atoms with Crippen molar-refractivity contribution in [2.75, 3.05) is 5.32 Å². The van der Waals surface area contributed by atoms with E-state index >= 15 is 0 Å². The third kappa shape index (κ3) is 7.13. The van der Waals surface area contributed by atoms with Gasteiger partial charge in [0.05, 0.1) is 0 Å². The van der Waals surface area contributed by atoms with Gasteiger partial charge >= 0.3 is 5.97 Å². The Morgan fingerprint density at radius 3 is 2.54 bits per heavy atom. The molecule has 1 atom stereocenters. The number of unbranched alkanes of at least 4 members (excludes halogenated alkanes) is 4. The molecule has 1 aliphatic heterocycles. The molecule has 0 spiro atoms. The maximum Gasteiger partial charge on any atom is 0.303 e. The van der Waals surface area contributed by atoms with Gasteiger partial charge < -0.3 is 15.8 Å². The van der Waals surface area contributed by atoms with Crippen LogP contribution in [-0.2, 0) is 14.4 Å². The van der Waals surface area contributed by atoms with Crippen LogP contribution in [0.15, 0.2) is 24.3 Å². The molecule has 1 unspecified atom stereocenters. The van der Waals surface area contributed by atoms with Crippen LogP contribution in [0.1, 0.15) is 69.8 Å². The Morgan fingerprint density at radius 2 is 1.79 bits per heavy atom. The maximum atomic E-state index is 12.2. The summed E-state index contributed by atoms with van der Waals surface area (Å²) in [6, 6.07) is 6.99. The van der Waals surface area contributed by atoms with Crippen LogP contribution < -0.4 is 10.6 Å². The summed E-state index contributed by atoms with van der Waals surface area (Å²) in [7, 11) is 0. The summed E-state index contributed by atoms with van der Waals surface area (Å²) in [5.41, 5.74) is 2.03. The molecule has 4 N–H and O–H groups in total. The van der Waals surface area contributed by atoms with Crippen molar-refractivity contribution in [3.05, 3.63) is 29.8 Å². The maximum absolute atomic E-state index is 12.2. The number of carbonyl (C=O) groups is 3. The Morgan fingerprint density at radius 1 is 1.11 bits per heavy atom. The fourth-order valence-corrected chi connectivity index (χ4v) is 3.33. The highest BCUT2D eigenvalue weighted by Crippen LogP contribution is 2.21. The summed E-state index contributed by atoms with van der Waals surface area (Å²) < 4.78 is 0. The first-order valence-corrected chi connectivity index (χ1v) is 9.96. The number of hydrogen-bond donors (Lipinski definition) is 4. The second-order valence-corrected chi connectivity index (χ2v) is 7.19. The highest BCUT2D eigenvalue weighted by molar-refractivity contribution is 6.04. The van der Waals surface area contributed by atoms with Gasteiger partial charge in [0.1, 0.15) is 6.04 Å². The first kappa shape index (κ1) is 21.6. The third-order valence-electron chi connectivity index (χ3n) is 4.88. The summed E-state index contributed by atoms with van der Waals surface area (Å²) in [5.74, 6) is -1.30. The molecule has 1 saturated heterocycles. The number of carbonyl (C=O) groups excluding carboxylic acids is 2. The highest BCUT2D eigenvalue weighted by Gasteiger charge is 2.24. The van der Waals surface area contributed by atoms with Gasteiger partial charge in [0.25, 0.3) is 0 Å². The SMILES string of the molecule is N=C(CCCCCCCC(=O)O)c1ccccc1NC1CCCC(=O)NC1=O. The van der Waals surface area contributed by atoms with E-state index in [2.05, 4.69) is 10.6 Å². The van der Waals surface area contributed by atoms with Crippen molar-refractivity contribution in [1.82, 2.24) is 5.32 Å². The molecule has 0 aliphatic carbocycles. The number of hydrogen-bond acceptors (Lipinski definition) is 5. The zero-order chi connectivity index (χ0) is 20.4. The number of nitrogens with one attached hydrogen (secondary N) is 3. The Kier molecular flexibility index (Phi) is 8.65. The molecule has 0 radical (unpaired) electrons. The number of carboxylic acids is 1. The molecule has 1 fully saturated rings. The van der Waals surface area contributed by atoms with Crippen LogP contribution >= 0.6 is 0 Å². The molecule has 7 heteroatoms. The van der Waals surface area contributed by atoms with Gasteiger partial charge in [-0.15, -0.1) is 0 Å². The molecule has 0 bridgehead atoms. The van der Waals surface area contributed by atoms with Crippen molar-refractivity contribution < 1.29 is 19.5 Å². The molecular weight excluding hydrogens is 358 g/mol. The summed E-state index contributed by atoms with van der Waals surface area (Å²) in [6.45, 7) is 0. The van der Waals surface area contributed by atoms with Gasteiger partial charge in [-0.25, -0.2) is 0 Å². The van der Waals surface area contributed by atoms with Crippen LogP contribution in [0.5, 0.6) is 0 Å². The molecule has 0 aromatic heterocycles. The van der Waals surface area contributed by atoms with Crippen molar-refractivity contribution in [1.29, 1.82) is 5.41 Å². The minimum absolute atomic E-state index is 0.217. The number of anilines is 1. The van der Waals surface area contributed by atoms with E-state index in [1.807, 2.05) is 24.3 Å². The molecule has 28 heavy (non-hydrogen) atoms. The van der Waals surface area contributed by atoms with E-state index in [1.54, 1.807) is 0 Å². The Bertz CT molecular complexity index is 717. The zero-order valence-corrected chi connectivity index (χ0v) is 16.1. The monoisotopic (exact) mass is 387 g/mol. The summed E-state index contributed by atoms with van der Waals surface area (Å²) >= 11 is 0. The lowest BCUT2D eigenvalue weighted by molar-refractivity contribution is -0.137. The van der Waals surface area contributed by atoms with Crippen LogP contribution in [0.3, 0.4) is 0 Å². The van der Waals surface area contributed by atoms with Crippen molar-refractivity contribution in [2.24, 2.45) is 0 Å². The van der Waals surface area contributed by atoms with Gasteiger partial charge in [-0.3, -0.25) is 19.7 Å². The molecule has 0 saturated carbocycles. The normalized spacial score (nSPS) is 16.9. The third-order valence-corrected chi connectivity index (χ3v) is 4.88. The molecule has 2 amide bonds. The second kappa shape index (κ2) is 11.2. The van der Waals surface area contributed by atoms with Gasteiger partial charge in [-0.2, -0.15) is 0 Å². The van der Waals surface area contributed by atoms with Crippen LogP contribution in [-0.4, -0.2) is 34.6 Å². The molecule has 152 valence electrons. The first-order chi connectivity index (χ1) is 13.5. The minimum Gasteiger partial charge on any atom is -0.481 e. The van der Waals surface area contributed by atoms with Gasteiger partial charge in [0, 0.05) is 29.8 Å². The predicted molar refractivity (Wildman–Crippen MR) is 108 cm³/mol. The van der Waals surface area contributed by atoms with E-state index in [-0.39, 0.29) is 18.2 Å². The Hall–Kier alpha value is -2.70. The standard InChI is InChI=1S/C21H29N3O4/c22-16(10-4-2-1-3-5-14-20(26)27)15-9-6-7-11-17(15)23-18-12-8-13-19(25)24-21(18)28/h6-7,9,11,18,22-23H,1-5,8,10,12-14H2,(H,26,27)(H,24,25,28). The number of para-hydroxylation sites is 1. The van der Waals surface area contributed by atoms with Crippen LogP contribution in [0.2, 0.25) is 0 Å². The van der Waals surface area contributed by atoms with Crippen LogP contribution in [0.4, 0.5) is 5.69 Å². The van der Waals surface area contributed by atoms with Crippen molar-refractivity contribution >= 4 is 29.2 Å². The number of rotatable bonds is 11. The first-order valence-electron chi connectivity index (χ1n) is 9.96. The Labute approximate surface area is 165 Å². The lowest BCUT2D eigenvalue weighted by atomic mass is 10.0. The second-order valence-electron chi connectivity index (χ2n) is 7.19. The van der Waals surface area contributed by atoms with E-state index in [1.165, 1.54) is 0 Å². The highest BCUT2D eigenvalue weighted by atomic mass is 16.4. The number of benzene rings is 1. The fourth-order valence-electron chi connectivity index (χ4n) is 3.33. The molecule has 1 aromatic rings. The average Bonchev–Trinajstić information content (AvgIpc) is 2.81. The summed E-state index contributed by atoms with van der Waals surface area (Å²) in [4.78, 5) is 34.1. The van der Waals surface area contributed by atoms with Gasteiger partial charge in [-0.1, -0.05) is 37.5 Å². The smallest absolute Gasteiger partial charge is 0.303 e. The molecule has 7 nitrogen and oxygen atoms in total. The Balaban J connectivity index is 1.85. The van der Waals surface area contributed by atoms with Crippen molar-refractivity contribution in [3.8, 4) is 0 Å². The largest absolute Gasteiger partial charge is 0.481 e. The quantitative estimate of drug-likeness (QED) is 0.263. The number of amides is 2. The summed E-state index contributed by atoms with van der Waals surface area (Å²) in [6.07, 6.45) is 6.83. The van der Waals surface area contributed by atoms with E-state index < -0.39 is 12.0 Å². The van der Waals surface area contributed by atoms with Gasteiger partial charge in [0.2, 0.25) is 11.8 Å². The predicted octanol–water partition coefficient (Wildman–Crippen LogP) is 3.48.